The molecule has 1 amide bonds. The van der Waals surface area contributed by atoms with Gasteiger partial charge in [-0.2, -0.15) is 4.31 Å². The van der Waals surface area contributed by atoms with Crippen LogP contribution in [0.2, 0.25) is 10.2 Å². The Morgan fingerprint density at radius 2 is 1.69 bits per heavy atom. The van der Waals surface area contributed by atoms with Crippen LogP contribution in [0.25, 0.3) is 0 Å². The van der Waals surface area contributed by atoms with E-state index in [-0.39, 0.29) is 20.8 Å². The van der Waals surface area contributed by atoms with Crippen LogP contribution >= 0.6 is 23.2 Å². The maximum Gasteiger partial charge on any atom is 0.359 e. The van der Waals surface area contributed by atoms with Gasteiger partial charge >= 0.3 is 5.97 Å². The number of esters is 1. The Balaban J connectivity index is 1.97. The standard InChI is InChI=1S/C18H19Cl2N3O5S/c1-3-23(4-2)29(26,27)13-7-5-12(6-8-13)21-16(24)11-28-18(25)17-14(19)9-10-15(20)22-17/h5-10H,3-4,11H2,1-2H3,(H,21,24). The Bertz CT molecular complexity index is 993. The molecular formula is C18H19Cl2N3O5S. The molecule has 1 aromatic heterocycles. The molecule has 0 bridgehead atoms. The topological polar surface area (TPSA) is 106 Å². The molecule has 0 spiro atoms. The number of pyridine rings is 1. The van der Waals surface area contributed by atoms with Crippen molar-refractivity contribution in [2.45, 2.75) is 18.7 Å². The summed E-state index contributed by atoms with van der Waals surface area (Å²) < 4.78 is 31.1. The molecular weight excluding hydrogens is 441 g/mol. The van der Waals surface area contributed by atoms with Gasteiger partial charge in [-0.3, -0.25) is 4.79 Å². The third-order valence-electron chi connectivity index (χ3n) is 3.82. The summed E-state index contributed by atoms with van der Waals surface area (Å²) in [6, 6.07) is 8.49. The third-order valence-corrected chi connectivity index (χ3v) is 6.40. The Kier molecular flexibility index (Phi) is 7.97. The van der Waals surface area contributed by atoms with E-state index in [0.717, 1.165) is 0 Å². The van der Waals surface area contributed by atoms with Crippen LogP contribution in [0.4, 0.5) is 5.69 Å². The Hall–Kier alpha value is -2.20. The number of nitrogens with zero attached hydrogens (tertiary/aromatic N) is 2. The van der Waals surface area contributed by atoms with Crippen molar-refractivity contribution in [3.63, 3.8) is 0 Å². The van der Waals surface area contributed by atoms with E-state index in [1.54, 1.807) is 13.8 Å². The van der Waals surface area contributed by atoms with E-state index in [1.165, 1.54) is 40.7 Å². The molecule has 29 heavy (non-hydrogen) atoms. The maximum absolute atomic E-state index is 12.4. The van der Waals surface area contributed by atoms with Crippen molar-refractivity contribution in [1.82, 2.24) is 9.29 Å². The monoisotopic (exact) mass is 459 g/mol. The zero-order valence-corrected chi connectivity index (χ0v) is 18.0. The number of hydrogen-bond donors (Lipinski definition) is 1. The highest BCUT2D eigenvalue weighted by atomic mass is 35.5. The predicted octanol–water partition coefficient (Wildman–Crippen LogP) is 3.21. The van der Waals surface area contributed by atoms with Gasteiger partial charge < -0.3 is 10.1 Å². The molecule has 0 aliphatic carbocycles. The fourth-order valence-corrected chi connectivity index (χ4v) is 4.17. The SMILES string of the molecule is CCN(CC)S(=O)(=O)c1ccc(NC(=O)COC(=O)c2nc(Cl)ccc2Cl)cc1. The fourth-order valence-electron chi connectivity index (χ4n) is 2.38. The van der Waals surface area contributed by atoms with Crippen LogP contribution in [-0.2, 0) is 19.6 Å². The number of hydrogen-bond acceptors (Lipinski definition) is 6. The molecule has 2 rings (SSSR count). The number of aromatic nitrogens is 1. The molecule has 11 heteroatoms. The number of halogens is 2. The van der Waals surface area contributed by atoms with E-state index in [1.807, 2.05) is 0 Å². The highest BCUT2D eigenvalue weighted by Gasteiger charge is 2.21. The quantitative estimate of drug-likeness (QED) is 0.479. The Morgan fingerprint density at radius 1 is 1.07 bits per heavy atom. The smallest absolute Gasteiger partial charge is 0.359 e. The minimum absolute atomic E-state index is 0.0461. The van der Waals surface area contributed by atoms with Crippen LogP contribution in [0, 0.1) is 0 Å². The first-order chi connectivity index (χ1) is 13.7. The number of benzene rings is 1. The first kappa shape index (κ1) is 23.1. The fraction of sp³-hybridized carbons (Fsp3) is 0.278. The second-order valence-electron chi connectivity index (χ2n) is 5.70. The summed E-state index contributed by atoms with van der Waals surface area (Å²) in [5, 5.41) is 2.61. The van der Waals surface area contributed by atoms with Gasteiger partial charge in [0.15, 0.2) is 12.3 Å². The molecule has 1 heterocycles. The molecule has 0 aliphatic heterocycles. The van der Waals surface area contributed by atoms with E-state index in [4.69, 9.17) is 27.9 Å². The van der Waals surface area contributed by atoms with Gasteiger partial charge in [0.2, 0.25) is 10.0 Å². The van der Waals surface area contributed by atoms with Crippen molar-refractivity contribution in [3.05, 3.63) is 52.3 Å². The maximum atomic E-state index is 12.4. The average Bonchev–Trinajstić information content (AvgIpc) is 2.69. The molecule has 0 saturated heterocycles. The summed E-state index contributed by atoms with van der Waals surface area (Å²) in [5.74, 6) is -1.51. The van der Waals surface area contributed by atoms with Crippen molar-refractivity contribution in [2.24, 2.45) is 0 Å². The third kappa shape index (κ3) is 5.89. The van der Waals surface area contributed by atoms with Crippen molar-refractivity contribution < 1.29 is 22.7 Å². The zero-order valence-electron chi connectivity index (χ0n) is 15.7. The summed E-state index contributed by atoms with van der Waals surface area (Å²) in [4.78, 5) is 27.8. The summed E-state index contributed by atoms with van der Waals surface area (Å²) >= 11 is 11.6. The first-order valence-electron chi connectivity index (χ1n) is 8.58. The largest absolute Gasteiger partial charge is 0.451 e. The number of sulfonamides is 1. The van der Waals surface area contributed by atoms with Gasteiger partial charge in [-0.25, -0.2) is 18.2 Å². The second-order valence-corrected chi connectivity index (χ2v) is 8.43. The predicted molar refractivity (Wildman–Crippen MR) is 110 cm³/mol. The molecule has 0 unspecified atom stereocenters. The Labute approximate surface area is 178 Å². The summed E-state index contributed by atoms with van der Waals surface area (Å²) in [6.07, 6.45) is 0. The molecule has 2 aromatic rings. The average molecular weight is 460 g/mol. The van der Waals surface area contributed by atoms with Crippen molar-refractivity contribution in [2.75, 3.05) is 25.0 Å². The lowest BCUT2D eigenvalue weighted by Crippen LogP contribution is -2.30. The van der Waals surface area contributed by atoms with Gasteiger partial charge in [0.1, 0.15) is 5.15 Å². The molecule has 0 radical (unpaired) electrons. The number of carbonyl (C=O) groups excluding carboxylic acids is 2. The molecule has 1 aromatic carbocycles. The lowest BCUT2D eigenvalue weighted by atomic mass is 10.3. The lowest BCUT2D eigenvalue weighted by Gasteiger charge is -2.18. The summed E-state index contributed by atoms with van der Waals surface area (Å²) in [7, 11) is -3.59. The van der Waals surface area contributed by atoms with E-state index >= 15 is 0 Å². The highest BCUT2D eigenvalue weighted by Crippen LogP contribution is 2.19. The molecule has 0 saturated carbocycles. The number of amides is 1. The normalized spacial score (nSPS) is 11.3. The van der Waals surface area contributed by atoms with E-state index < -0.39 is 28.5 Å². The molecule has 1 N–H and O–H groups in total. The van der Waals surface area contributed by atoms with E-state index in [9.17, 15) is 18.0 Å². The summed E-state index contributed by atoms with van der Waals surface area (Å²) in [5.41, 5.74) is 0.154. The second kappa shape index (κ2) is 10.0. The minimum Gasteiger partial charge on any atom is -0.451 e. The van der Waals surface area contributed by atoms with Crippen LogP contribution in [0.15, 0.2) is 41.3 Å². The van der Waals surface area contributed by atoms with Crippen LogP contribution in [0.3, 0.4) is 0 Å². The van der Waals surface area contributed by atoms with Crippen molar-refractivity contribution in [3.8, 4) is 0 Å². The van der Waals surface area contributed by atoms with Gasteiger partial charge in [0, 0.05) is 18.8 Å². The molecule has 0 aliphatic rings. The van der Waals surface area contributed by atoms with Gasteiger partial charge in [-0.1, -0.05) is 37.0 Å². The van der Waals surface area contributed by atoms with Crippen LogP contribution < -0.4 is 5.32 Å². The Morgan fingerprint density at radius 3 is 2.28 bits per heavy atom. The number of anilines is 1. The number of nitrogens with one attached hydrogen (secondary N) is 1. The van der Waals surface area contributed by atoms with Gasteiger partial charge in [-0.05, 0) is 36.4 Å². The molecule has 8 nitrogen and oxygen atoms in total. The molecule has 0 atom stereocenters. The van der Waals surface area contributed by atoms with Gasteiger partial charge in [0.25, 0.3) is 5.91 Å². The van der Waals surface area contributed by atoms with E-state index in [2.05, 4.69) is 10.3 Å². The first-order valence-corrected chi connectivity index (χ1v) is 10.8. The number of ether oxygens (including phenoxy) is 1. The molecule has 156 valence electrons. The van der Waals surface area contributed by atoms with Crippen LogP contribution in [0.5, 0.6) is 0 Å². The van der Waals surface area contributed by atoms with Gasteiger partial charge in [-0.15, -0.1) is 0 Å². The minimum atomic E-state index is -3.59. The van der Waals surface area contributed by atoms with E-state index in [0.29, 0.717) is 18.8 Å². The van der Waals surface area contributed by atoms with Crippen LogP contribution in [0.1, 0.15) is 24.3 Å². The zero-order chi connectivity index (χ0) is 21.6. The lowest BCUT2D eigenvalue weighted by molar-refractivity contribution is -0.119. The van der Waals surface area contributed by atoms with Crippen molar-refractivity contribution >= 4 is 50.8 Å². The van der Waals surface area contributed by atoms with Crippen molar-refractivity contribution in [1.29, 1.82) is 0 Å². The highest BCUT2D eigenvalue weighted by molar-refractivity contribution is 7.89. The molecule has 0 fully saturated rings. The summed E-state index contributed by atoms with van der Waals surface area (Å²) in [6.45, 7) is 3.64. The number of carbonyl (C=O) groups is 2. The van der Waals surface area contributed by atoms with Gasteiger partial charge in [0.05, 0.1) is 9.92 Å². The number of rotatable bonds is 8. The van der Waals surface area contributed by atoms with Crippen LogP contribution in [-0.4, -0.2) is 49.3 Å².